The monoisotopic (exact) mass is 575 g/mol. The summed E-state index contributed by atoms with van der Waals surface area (Å²) in [5.41, 5.74) is 0.224. The first-order chi connectivity index (χ1) is 18.8. The number of hydrogen-bond acceptors (Lipinski definition) is 6. The number of carboxylic acids is 1. The summed E-state index contributed by atoms with van der Waals surface area (Å²) >= 11 is 0. The molecule has 2 aromatic carbocycles. The summed E-state index contributed by atoms with van der Waals surface area (Å²) in [5.74, 6) is -14.6. The number of rotatable bonds is 11. The largest absolute Gasteiger partial charge is 0.481 e. The van der Waals surface area contributed by atoms with E-state index in [4.69, 9.17) is 5.11 Å². The zero-order valence-electron chi connectivity index (χ0n) is 20.9. The van der Waals surface area contributed by atoms with E-state index in [1.807, 2.05) is 0 Å². The van der Waals surface area contributed by atoms with Crippen molar-refractivity contribution in [2.24, 2.45) is 0 Å². The number of carbonyl (C=O) groups excluding carboxylic acids is 3. The fraction of sp³-hybridized carbons (Fsp3) is 0.360. The Bertz CT molecular complexity index is 1280. The standard InChI is InChI=1S/C25H23F6N3O6/c1-12-25(39)34(9-13-4-14(26)6-15(27)5-13)3-2-33(12)10-20(36)32-18(8-21(37)38)19(35)11-40-24-22(30)16(28)7-17(29)23(24)31/h4-7,12,18H,2-3,8-11H2,1H3,(H,32,36)(H,37,38). The van der Waals surface area contributed by atoms with Crippen LogP contribution in [0.3, 0.4) is 0 Å². The number of ether oxygens (including phenoxy) is 1. The van der Waals surface area contributed by atoms with Crippen molar-refractivity contribution in [1.29, 1.82) is 0 Å². The molecule has 2 N–H and O–H groups in total. The second-order valence-electron chi connectivity index (χ2n) is 8.95. The van der Waals surface area contributed by atoms with Crippen molar-refractivity contribution in [3.8, 4) is 5.75 Å². The Hall–Kier alpha value is -4.14. The number of hydrogen-bond donors (Lipinski definition) is 2. The molecule has 40 heavy (non-hydrogen) atoms. The number of piperazine rings is 1. The smallest absolute Gasteiger partial charge is 0.305 e. The van der Waals surface area contributed by atoms with Crippen molar-refractivity contribution < 1.29 is 55.4 Å². The topological polar surface area (TPSA) is 116 Å². The number of halogens is 6. The van der Waals surface area contributed by atoms with E-state index >= 15 is 0 Å². The Kier molecular flexibility index (Phi) is 9.74. The van der Waals surface area contributed by atoms with Gasteiger partial charge in [-0.25, -0.2) is 17.6 Å². The highest BCUT2D eigenvalue weighted by Gasteiger charge is 2.34. The minimum atomic E-state index is -1.91. The Balaban J connectivity index is 1.60. The maximum absolute atomic E-state index is 13.8. The number of carbonyl (C=O) groups is 4. The zero-order valence-corrected chi connectivity index (χ0v) is 20.9. The van der Waals surface area contributed by atoms with Crippen LogP contribution in [0.1, 0.15) is 18.9 Å². The van der Waals surface area contributed by atoms with E-state index in [0.717, 1.165) is 12.1 Å². The third-order valence-electron chi connectivity index (χ3n) is 6.05. The Morgan fingerprint density at radius 3 is 2.17 bits per heavy atom. The molecule has 1 aliphatic heterocycles. The summed E-state index contributed by atoms with van der Waals surface area (Å²) in [7, 11) is 0. The molecule has 1 saturated heterocycles. The maximum atomic E-state index is 13.8. The van der Waals surface area contributed by atoms with Crippen LogP contribution in [0, 0.1) is 34.9 Å². The van der Waals surface area contributed by atoms with Crippen LogP contribution in [-0.4, -0.2) is 76.8 Å². The van der Waals surface area contributed by atoms with Crippen molar-refractivity contribution in [2.75, 3.05) is 26.2 Å². The first kappa shape index (κ1) is 30.4. The first-order valence-electron chi connectivity index (χ1n) is 11.7. The second kappa shape index (κ2) is 12.8. The van der Waals surface area contributed by atoms with Crippen molar-refractivity contribution in [1.82, 2.24) is 15.1 Å². The molecule has 0 spiro atoms. The number of nitrogens with one attached hydrogen (secondary N) is 1. The third-order valence-corrected chi connectivity index (χ3v) is 6.05. The van der Waals surface area contributed by atoms with Gasteiger partial charge in [0, 0.05) is 31.8 Å². The van der Waals surface area contributed by atoms with E-state index in [1.54, 1.807) is 0 Å². The minimum Gasteiger partial charge on any atom is -0.481 e. The van der Waals surface area contributed by atoms with Crippen molar-refractivity contribution in [2.45, 2.75) is 32.0 Å². The van der Waals surface area contributed by atoms with Crippen LogP contribution < -0.4 is 10.1 Å². The van der Waals surface area contributed by atoms with Gasteiger partial charge in [-0.1, -0.05) is 0 Å². The van der Waals surface area contributed by atoms with Crippen LogP contribution in [0.2, 0.25) is 0 Å². The molecule has 1 fully saturated rings. The molecule has 9 nitrogen and oxygen atoms in total. The third kappa shape index (κ3) is 7.49. The predicted molar refractivity (Wildman–Crippen MR) is 124 cm³/mol. The number of benzene rings is 2. The molecule has 2 amide bonds. The van der Waals surface area contributed by atoms with Gasteiger partial charge in [0.1, 0.15) is 24.3 Å². The van der Waals surface area contributed by atoms with Gasteiger partial charge in [-0.3, -0.25) is 24.1 Å². The molecule has 2 atom stereocenters. The van der Waals surface area contributed by atoms with Gasteiger partial charge in [0.2, 0.25) is 23.4 Å². The molecule has 0 aromatic heterocycles. The lowest BCUT2D eigenvalue weighted by Crippen LogP contribution is -2.58. The normalized spacial score (nSPS) is 16.5. The van der Waals surface area contributed by atoms with E-state index in [2.05, 4.69) is 10.1 Å². The Morgan fingerprint density at radius 1 is 1.00 bits per heavy atom. The van der Waals surface area contributed by atoms with Crippen LogP contribution in [0.15, 0.2) is 24.3 Å². The van der Waals surface area contributed by atoms with Crippen molar-refractivity contribution in [3.05, 3.63) is 64.7 Å². The molecule has 0 radical (unpaired) electrons. The molecule has 216 valence electrons. The fourth-order valence-electron chi connectivity index (χ4n) is 4.04. The zero-order chi connectivity index (χ0) is 29.7. The SMILES string of the molecule is CC1C(=O)N(Cc2cc(F)cc(F)c2)CCN1CC(=O)NC(CC(=O)O)C(=O)COc1c(F)c(F)cc(F)c1F. The van der Waals surface area contributed by atoms with Gasteiger partial charge in [0.25, 0.3) is 0 Å². The predicted octanol–water partition coefficient (Wildman–Crippen LogP) is 2.16. The summed E-state index contributed by atoms with van der Waals surface area (Å²) in [4.78, 5) is 51.9. The van der Waals surface area contributed by atoms with Gasteiger partial charge < -0.3 is 20.1 Å². The second-order valence-corrected chi connectivity index (χ2v) is 8.95. The molecule has 15 heteroatoms. The molecular formula is C25H23F6N3O6. The number of amides is 2. The van der Waals surface area contributed by atoms with Crippen molar-refractivity contribution in [3.63, 3.8) is 0 Å². The molecule has 0 saturated carbocycles. The van der Waals surface area contributed by atoms with Gasteiger partial charge in [-0.2, -0.15) is 8.78 Å². The molecule has 3 rings (SSSR count). The first-order valence-corrected chi connectivity index (χ1v) is 11.7. The average Bonchev–Trinajstić information content (AvgIpc) is 2.86. The highest BCUT2D eigenvalue weighted by molar-refractivity contribution is 5.93. The summed E-state index contributed by atoms with van der Waals surface area (Å²) in [6.45, 7) is -0.0722. The highest BCUT2D eigenvalue weighted by Crippen LogP contribution is 2.26. The van der Waals surface area contributed by atoms with Gasteiger partial charge in [0.05, 0.1) is 19.0 Å². The molecule has 1 aliphatic rings. The molecular weight excluding hydrogens is 552 g/mol. The number of carboxylic acid groups (broad SMARTS) is 1. The van der Waals surface area contributed by atoms with E-state index < -0.39 is 95.9 Å². The quantitative estimate of drug-likeness (QED) is 0.312. The number of aliphatic carboxylic acids is 1. The number of ketones is 1. The summed E-state index contributed by atoms with van der Waals surface area (Å²) < 4.78 is 85.8. The summed E-state index contributed by atoms with van der Waals surface area (Å²) in [6.07, 6.45) is -0.955. The van der Waals surface area contributed by atoms with Crippen LogP contribution in [-0.2, 0) is 25.7 Å². The molecule has 1 heterocycles. The fourth-order valence-corrected chi connectivity index (χ4v) is 4.04. The highest BCUT2D eigenvalue weighted by atomic mass is 19.2. The molecule has 0 aliphatic carbocycles. The lowest BCUT2D eigenvalue weighted by Gasteiger charge is -2.39. The lowest BCUT2D eigenvalue weighted by molar-refractivity contribution is -0.143. The molecule has 2 aromatic rings. The Morgan fingerprint density at radius 2 is 1.60 bits per heavy atom. The van der Waals surface area contributed by atoms with Crippen LogP contribution in [0.5, 0.6) is 5.75 Å². The van der Waals surface area contributed by atoms with Crippen LogP contribution >= 0.6 is 0 Å². The van der Waals surface area contributed by atoms with Gasteiger partial charge in [-0.05, 0) is 24.6 Å². The molecule has 2 unspecified atom stereocenters. The van der Waals surface area contributed by atoms with Gasteiger partial charge in [0.15, 0.2) is 23.2 Å². The number of nitrogens with zero attached hydrogens (tertiary/aromatic N) is 2. The van der Waals surface area contributed by atoms with E-state index in [9.17, 15) is 45.5 Å². The lowest BCUT2D eigenvalue weighted by atomic mass is 10.1. The van der Waals surface area contributed by atoms with Crippen molar-refractivity contribution >= 4 is 23.6 Å². The van der Waals surface area contributed by atoms with E-state index in [-0.39, 0.29) is 31.3 Å². The maximum Gasteiger partial charge on any atom is 0.305 e. The average molecular weight is 575 g/mol. The summed E-state index contributed by atoms with van der Waals surface area (Å²) in [5, 5.41) is 11.3. The van der Waals surface area contributed by atoms with Gasteiger partial charge >= 0.3 is 5.97 Å². The summed E-state index contributed by atoms with van der Waals surface area (Å²) in [6, 6.07) is 0.166. The van der Waals surface area contributed by atoms with E-state index in [0.29, 0.717) is 6.07 Å². The number of Topliss-reactive ketones (excluding diaryl/α,β-unsaturated/α-hetero) is 1. The van der Waals surface area contributed by atoms with E-state index in [1.165, 1.54) is 16.7 Å². The van der Waals surface area contributed by atoms with Crippen LogP contribution in [0.25, 0.3) is 0 Å². The minimum absolute atomic E-state index is 0.0698. The Labute approximate surface area is 223 Å². The van der Waals surface area contributed by atoms with Gasteiger partial charge in [-0.15, -0.1) is 0 Å². The van der Waals surface area contributed by atoms with Crippen LogP contribution in [0.4, 0.5) is 26.3 Å². The molecule has 0 bridgehead atoms.